The van der Waals surface area contributed by atoms with Gasteiger partial charge in [0.15, 0.2) is 11.6 Å². The number of halogens is 2. The third kappa shape index (κ3) is 4.23. The van der Waals surface area contributed by atoms with Crippen LogP contribution >= 0.6 is 0 Å². The first-order chi connectivity index (χ1) is 8.58. The Morgan fingerprint density at radius 2 is 1.94 bits per heavy atom. The predicted octanol–water partition coefficient (Wildman–Crippen LogP) is 2.18. The van der Waals surface area contributed by atoms with Crippen LogP contribution in [0.4, 0.5) is 8.78 Å². The van der Waals surface area contributed by atoms with Crippen molar-refractivity contribution in [1.82, 2.24) is 4.90 Å². The first-order valence-corrected chi connectivity index (χ1v) is 5.89. The maximum absolute atomic E-state index is 13.7. The molecule has 0 aliphatic carbocycles. The first kappa shape index (κ1) is 14.9. The first-order valence-electron chi connectivity index (χ1n) is 5.89. The van der Waals surface area contributed by atoms with Gasteiger partial charge >= 0.3 is 0 Å². The van der Waals surface area contributed by atoms with E-state index in [0.717, 1.165) is 25.1 Å². The summed E-state index contributed by atoms with van der Waals surface area (Å²) in [5.74, 6) is -1.11. The van der Waals surface area contributed by atoms with E-state index in [1.54, 1.807) is 0 Å². The number of ether oxygens (including phenoxy) is 1. The molecular formula is C13H19F2NO2. The number of benzene rings is 1. The predicted molar refractivity (Wildman–Crippen MR) is 65.6 cm³/mol. The molecule has 0 unspecified atom stereocenters. The molecule has 0 fully saturated rings. The second-order valence-electron chi connectivity index (χ2n) is 4.25. The maximum Gasteiger partial charge on any atom is 0.165 e. The fourth-order valence-electron chi connectivity index (χ4n) is 1.71. The van der Waals surface area contributed by atoms with E-state index in [2.05, 4.69) is 0 Å². The van der Waals surface area contributed by atoms with Crippen molar-refractivity contribution in [3.8, 4) is 5.75 Å². The summed E-state index contributed by atoms with van der Waals surface area (Å²) in [6.07, 6.45) is 1.54. The fourth-order valence-corrected chi connectivity index (χ4v) is 1.71. The Balaban J connectivity index is 2.64. The van der Waals surface area contributed by atoms with Gasteiger partial charge in [-0.1, -0.05) is 0 Å². The van der Waals surface area contributed by atoms with E-state index in [9.17, 15) is 8.78 Å². The van der Waals surface area contributed by atoms with Gasteiger partial charge in [-0.15, -0.1) is 0 Å². The Hall–Kier alpha value is -1.20. The molecule has 3 nitrogen and oxygen atoms in total. The maximum atomic E-state index is 13.7. The van der Waals surface area contributed by atoms with Crippen LogP contribution in [0.5, 0.6) is 5.75 Å². The highest BCUT2D eigenvalue weighted by molar-refractivity contribution is 5.30. The van der Waals surface area contributed by atoms with Crippen molar-refractivity contribution >= 4 is 0 Å². The number of methoxy groups -OCH3 is 1. The molecule has 0 saturated heterocycles. The van der Waals surface area contributed by atoms with Crippen molar-refractivity contribution in [1.29, 1.82) is 0 Å². The molecular weight excluding hydrogens is 240 g/mol. The molecule has 0 heterocycles. The van der Waals surface area contributed by atoms with Gasteiger partial charge in [0.05, 0.1) is 7.11 Å². The molecule has 0 aromatic heterocycles. The molecule has 1 N–H and O–H groups in total. The van der Waals surface area contributed by atoms with Crippen molar-refractivity contribution in [2.45, 2.75) is 19.4 Å². The number of hydrogen-bond donors (Lipinski definition) is 1. The average molecular weight is 259 g/mol. The molecule has 18 heavy (non-hydrogen) atoms. The largest absolute Gasteiger partial charge is 0.494 e. The van der Waals surface area contributed by atoms with Gasteiger partial charge < -0.3 is 14.7 Å². The van der Waals surface area contributed by atoms with Crippen LogP contribution in [-0.4, -0.2) is 37.3 Å². The lowest BCUT2D eigenvalue weighted by Crippen LogP contribution is -2.20. The topological polar surface area (TPSA) is 32.7 Å². The van der Waals surface area contributed by atoms with E-state index in [-0.39, 0.29) is 12.4 Å². The van der Waals surface area contributed by atoms with E-state index in [0.29, 0.717) is 18.5 Å². The van der Waals surface area contributed by atoms with Crippen LogP contribution in [0.15, 0.2) is 12.1 Å². The molecule has 0 spiro atoms. The summed E-state index contributed by atoms with van der Waals surface area (Å²) in [7, 11) is 3.14. The SMILES string of the molecule is COc1cc(F)c(CN(C)CCCCO)cc1F. The molecule has 0 amide bonds. The Labute approximate surface area is 106 Å². The minimum atomic E-state index is -0.558. The molecule has 1 aromatic carbocycles. The molecule has 0 radical (unpaired) electrons. The van der Waals surface area contributed by atoms with Gasteiger partial charge in [-0.2, -0.15) is 0 Å². The lowest BCUT2D eigenvalue weighted by atomic mass is 10.1. The van der Waals surface area contributed by atoms with Gasteiger partial charge in [-0.3, -0.25) is 0 Å². The van der Waals surface area contributed by atoms with E-state index in [1.807, 2.05) is 11.9 Å². The molecule has 1 aromatic rings. The van der Waals surface area contributed by atoms with Gasteiger partial charge in [0.25, 0.3) is 0 Å². The summed E-state index contributed by atoms with van der Waals surface area (Å²) in [5, 5.41) is 8.67. The molecule has 1 rings (SSSR count). The zero-order chi connectivity index (χ0) is 13.5. The molecule has 102 valence electrons. The van der Waals surface area contributed by atoms with Crippen LogP contribution in [0, 0.1) is 11.6 Å². The van der Waals surface area contributed by atoms with E-state index >= 15 is 0 Å². The molecule has 5 heteroatoms. The number of hydrogen-bond acceptors (Lipinski definition) is 3. The van der Waals surface area contributed by atoms with Gasteiger partial charge in [-0.25, -0.2) is 8.78 Å². The molecule has 0 bridgehead atoms. The number of unbranched alkanes of at least 4 members (excludes halogenated alkanes) is 1. The second-order valence-corrected chi connectivity index (χ2v) is 4.25. The zero-order valence-corrected chi connectivity index (χ0v) is 10.7. The summed E-state index contributed by atoms with van der Waals surface area (Å²) in [6, 6.07) is 2.23. The Morgan fingerprint density at radius 3 is 2.56 bits per heavy atom. The van der Waals surface area contributed by atoms with Crippen LogP contribution in [-0.2, 0) is 6.54 Å². The van der Waals surface area contributed by atoms with Gasteiger partial charge in [-0.05, 0) is 32.5 Å². The number of nitrogens with zero attached hydrogens (tertiary/aromatic N) is 1. The lowest BCUT2D eigenvalue weighted by Gasteiger charge is -2.17. The minimum Gasteiger partial charge on any atom is -0.494 e. The van der Waals surface area contributed by atoms with Crippen LogP contribution < -0.4 is 4.74 Å². The van der Waals surface area contributed by atoms with Gasteiger partial charge in [0, 0.05) is 24.8 Å². The van der Waals surface area contributed by atoms with Crippen LogP contribution in [0.2, 0.25) is 0 Å². The third-order valence-electron chi connectivity index (χ3n) is 2.71. The van der Waals surface area contributed by atoms with Crippen LogP contribution in [0.3, 0.4) is 0 Å². The summed E-state index contributed by atoms with van der Waals surface area (Å²) < 4.78 is 31.8. The summed E-state index contributed by atoms with van der Waals surface area (Å²) >= 11 is 0. The van der Waals surface area contributed by atoms with Crippen molar-refractivity contribution < 1.29 is 18.6 Å². The lowest BCUT2D eigenvalue weighted by molar-refractivity contribution is 0.259. The van der Waals surface area contributed by atoms with Crippen molar-refractivity contribution in [2.75, 3.05) is 27.3 Å². The molecule has 0 aliphatic rings. The van der Waals surface area contributed by atoms with E-state index in [1.165, 1.54) is 7.11 Å². The van der Waals surface area contributed by atoms with Gasteiger partial charge in [0.1, 0.15) is 5.82 Å². The highest BCUT2D eigenvalue weighted by Gasteiger charge is 2.11. The molecule has 0 aliphatic heterocycles. The van der Waals surface area contributed by atoms with Crippen molar-refractivity contribution in [3.63, 3.8) is 0 Å². The Bertz CT molecular complexity index is 385. The summed E-state index contributed by atoms with van der Waals surface area (Å²) in [4.78, 5) is 1.89. The molecule has 0 saturated carbocycles. The smallest absolute Gasteiger partial charge is 0.165 e. The van der Waals surface area contributed by atoms with Crippen LogP contribution in [0.1, 0.15) is 18.4 Å². The number of aliphatic hydroxyl groups excluding tert-OH is 1. The van der Waals surface area contributed by atoms with E-state index < -0.39 is 11.6 Å². The monoisotopic (exact) mass is 259 g/mol. The zero-order valence-electron chi connectivity index (χ0n) is 10.7. The van der Waals surface area contributed by atoms with Crippen LogP contribution in [0.25, 0.3) is 0 Å². The quantitative estimate of drug-likeness (QED) is 0.762. The second kappa shape index (κ2) is 7.28. The minimum absolute atomic E-state index is 0.0841. The highest BCUT2D eigenvalue weighted by atomic mass is 19.1. The number of rotatable bonds is 7. The Morgan fingerprint density at radius 1 is 1.22 bits per heavy atom. The number of aliphatic hydroxyl groups is 1. The van der Waals surface area contributed by atoms with Gasteiger partial charge in [0.2, 0.25) is 0 Å². The average Bonchev–Trinajstić information content (AvgIpc) is 2.33. The highest BCUT2D eigenvalue weighted by Crippen LogP contribution is 2.22. The standard InChI is InChI=1S/C13H19F2NO2/c1-16(5-3-4-6-17)9-10-7-12(15)13(18-2)8-11(10)14/h7-8,17H,3-6,9H2,1-2H3. The van der Waals surface area contributed by atoms with Crippen molar-refractivity contribution in [3.05, 3.63) is 29.3 Å². The fraction of sp³-hybridized carbons (Fsp3) is 0.538. The summed E-state index contributed by atoms with van der Waals surface area (Å²) in [5.41, 5.74) is 0.305. The summed E-state index contributed by atoms with van der Waals surface area (Å²) in [6.45, 7) is 1.21. The van der Waals surface area contributed by atoms with E-state index in [4.69, 9.17) is 9.84 Å². The normalized spacial score (nSPS) is 11.0. The third-order valence-corrected chi connectivity index (χ3v) is 2.71. The van der Waals surface area contributed by atoms with Crippen molar-refractivity contribution in [2.24, 2.45) is 0 Å². The molecule has 0 atom stereocenters. The Kier molecular flexibility index (Phi) is 6.01.